The Morgan fingerprint density at radius 2 is 0.418 bits per heavy atom. The molecule has 0 rings (SSSR count). The fourth-order valence-electron chi connectivity index (χ4n) is 14.4. The Bertz CT molecular complexity index is 2080. The second-order valence-corrected chi connectivity index (χ2v) is 36.1. The molecule has 5 atom stereocenters. The van der Waals surface area contributed by atoms with Crippen molar-refractivity contribution in [3.63, 3.8) is 0 Å². The van der Waals surface area contributed by atoms with Crippen molar-refractivity contribution in [2.75, 3.05) is 39.6 Å². The topological polar surface area (TPSA) is 237 Å². The van der Waals surface area contributed by atoms with Gasteiger partial charge in [0.1, 0.15) is 19.3 Å². The van der Waals surface area contributed by atoms with E-state index in [2.05, 4.69) is 34.6 Å². The van der Waals surface area contributed by atoms with Crippen molar-refractivity contribution < 1.29 is 80.2 Å². The maximum Gasteiger partial charge on any atom is 0.472 e. The molecule has 3 N–H and O–H groups in total. The van der Waals surface area contributed by atoms with Crippen molar-refractivity contribution in [2.24, 2.45) is 5.92 Å². The first-order chi connectivity index (χ1) is 53.5. The standard InChI is InChI=1S/C91H178O17P2/c1-6-9-12-15-18-21-24-26-28-30-31-32-33-38-41-45-50-55-60-65-70-75-89(94)102-81-87(108-91(96)77-72-67-62-57-52-47-43-39-35-34-37-40-44-49-53-58-63-68-73-84(4)5)83-106-110(99,100)104-79-85(92)78-103-109(97,98)105-82-86(80-101-88(93)74-69-64-59-54-48-23-20-17-14-11-8-3)107-90(95)76-71-66-61-56-51-46-42-36-29-27-25-22-19-16-13-10-7-2/h84-87,92H,6-83H2,1-5H3,(H,97,98)(H,99,100)/t85-,86+,87+/m0/s1. The molecule has 19 heteroatoms. The molecule has 0 aliphatic carbocycles. The maximum atomic E-state index is 13.2. The molecule has 17 nitrogen and oxygen atoms in total. The van der Waals surface area contributed by atoms with Gasteiger partial charge < -0.3 is 33.8 Å². The van der Waals surface area contributed by atoms with Gasteiger partial charge in [-0.3, -0.25) is 37.3 Å². The average Bonchev–Trinajstić information content (AvgIpc) is 0.900. The smallest absolute Gasteiger partial charge is 0.462 e. The Kier molecular flexibility index (Phi) is 82.1. The number of phosphoric ester groups is 2. The molecule has 0 bridgehead atoms. The molecule has 0 aliphatic heterocycles. The Hall–Kier alpha value is -1.94. The van der Waals surface area contributed by atoms with Gasteiger partial charge in [0.15, 0.2) is 12.2 Å². The van der Waals surface area contributed by atoms with Crippen molar-refractivity contribution in [1.82, 2.24) is 0 Å². The minimum Gasteiger partial charge on any atom is -0.462 e. The largest absolute Gasteiger partial charge is 0.472 e. The van der Waals surface area contributed by atoms with Crippen LogP contribution in [0.3, 0.4) is 0 Å². The third kappa shape index (κ3) is 84.0. The molecule has 0 saturated carbocycles. The van der Waals surface area contributed by atoms with Crippen molar-refractivity contribution in [1.29, 1.82) is 0 Å². The Balaban J connectivity index is 5.22. The molecule has 110 heavy (non-hydrogen) atoms. The summed E-state index contributed by atoms with van der Waals surface area (Å²) in [5, 5.41) is 10.7. The second kappa shape index (κ2) is 83.5. The predicted molar refractivity (Wildman–Crippen MR) is 455 cm³/mol. The van der Waals surface area contributed by atoms with Crippen LogP contribution in [0.25, 0.3) is 0 Å². The van der Waals surface area contributed by atoms with E-state index in [1.54, 1.807) is 0 Å². The lowest BCUT2D eigenvalue weighted by molar-refractivity contribution is -0.161. The molecule has 0 aromatic heterocycles. The summed E-state index contributed by atoms with van der Waals surface area (Å²) in [6.45, 7) is 7.43. The summed E-state index contributed by atoms with van der Waals surface area (Å²) in [6.07, 6.45) is 79.2. The van der Waals surface area contributed by atoms with Gasteiger partial charge in [-0.15, -0.1) is 0 Å². The fraction of sp³-hybridized carbons (Fsp3) is 0.956. The summed E-state index contributed by atoms with van der Waals surface area (Å²) in [5.41, 5.74) is 0. The molecule has 0 saturated heterocycles. The SMILES string of the molecule is CCCCCCCCCCCCCCCCCCCCCCCC(=O)OC[C@H](COP(=O)(O)OC[C@@H](O)COP(=O)(O)OC[C@@H](COC(=O)CCCCCCCCCCCCC)OC(=O)CCCCCCCCCCCCCCCCCCC)OC(=O)CCCCCCCCCCCCCCCCCCCCC(C)C. The van der Waals surface area contributed by atoms with Gasteiger partial charge in [0, 0.05) is 25.7 Å². The summed E-state index contributed by atoms with van der Waals surface area (Å²) < 4.78 is 69.1. The molecular formula is C91H178O17P2. The third-order valence-electron chi connectivity index (χ3n) is 21.5. The number of hydrogen-bond donors (Lipinski definition) is 3. The lowest BCUT2D eigenvalue weighted by Crippen LogP contribution is -2.30. The number of esters is 4. The van der Waals surface area contributed by atoms with Gasteiger partial charge in [-0.1, -0.05) is 446 Å². The number of aliphatic hydroxyl groups is 1. The number of ether oxygens (including phenoxy) is 4. The summed E-state index contributed by atoms with van der Waals surface area (Å²) in [7, 11) is -9.93. The Morgan fingerprint density at radius 3 is 0.618 bits per heavy atom. The summed E-state index contributed by atoms with van der Waals surface area (Å²) in [5.74, 6) is -1.27. The number of unbranched alkanes of at least 4 members (excludes halogenated alkanes) is 63. The van der Waals surface area contributed by atoms with Gasteiger partial charge >= 0.3 is 39.5 Å². The van der Waals surface area contributed by atoms with Crippen LogP contribution >= 0.6 is 15.6 Å². The van der Waals surface area contributed by atoms with Crippen LogP contribution in [0.15, 0.2) is 0 Å². The molecule has 0 radical (unpaired) electrons. The van der Waals surface area contributed by atoms with E-state index < -0.39 is 97.5 Å². The van der Waals surface area contributed by atoms with Crippen LogP contribution in [0, 0.1) is 5.92 Å². The summed E-state index contributed by atoms with van der Waals surface area (Å²) >= 11 is 0. The minimum absolute atomic E-state index is 0.109. The second-order valence-electron chi connectivity index (χ2n) is 33.2. The molecule has 0 spiro atoms. The van der Waals surface area contributed by atoms with E-state index in [0.29, 0.717) is 25.7 Å². The van der Waals surface area contributed by atoms with E-state index in [9.17, 15) is 43.2 Å². The number of aliphatic hydroxyl groups excluding tert-OH is 1. The molecule has 0 aromatic rings. The van der Waals surface area contributed by atoms with E-state index in [1.807, 2.05) is 0 Å². The first-order valence-electron chi connectivity index (χ1n) is 47.1. The van der Waals surface area contributed by atoms with Crippen LogP contribution in [0.2, 0.25) is 0 Å². The van der Waals surface area contributed by atoms with E-state index >= 15 is 0 Å². The predicted octanol–water partition coefficient (Wildman–Crippen LogP) is 28.3. The van der Waals surface area contributed by atoms with Crippen LogP contribution in [0.1, 0.15) is 497 Å². The highest BCUT2D eigenvalue weighted by Crippen LogP contribution is 2.45. The van der Waals surface area contributed by atoms with Gasteiger partial charge in [0.2, 0.25) is 0 Å². The van der Waals surface area contributed by atoms with Crippen LogP contribution < -0.4 is 0 Å². The summed E-state index contributed by atoms with van der Waals surface area (Å²) in [4.78, 5) is 73.4. The molecule has 654 valence electrons. The third-order valence-corrected chi connectivity index (χ3v) is 23.4. The quantitative estimate of drug-likeness (QED) is 0.0222. The first-order valence-corrected chi connectivity index (χ1v) is 50.1. The minimum atomic E-state index is -4.97. The molecule has 2 unspecified atom stereocenters. The molecule has 0 fully saturated rings. The van der Waals surface area contributed by atoms with Gasteiger partial charge in [-0.25, -0.2) is 9.13 Å². The highest BCUT2D eigenvalue weighted by molar-refractivity contribution is 7.47. The zero-order valence-corrected chi connectivity index (χ0v) is 74.2. The van der Waals surface area contributed by atoms with E-state index in [4.69, 9.17) is 37.0 Å². The van der Waals surface area contributed by atoms with Gasteiger partial charge in [0.25, 0.3) is 0 Å². The molecular weight excluding hydrogens is 1430 g/mol. The van der Waals surface area contributed by atoms with Gasteiger partial charge in [-0.05, 0) is 31.6 Å². The number of hydrogen-bond acceptors (Lipinski definition) is 15. The molecule has 0 aliphatic rings. The number of rotatable bonds is 91. The van der Waals surface area contributed by atoms with Crippen molar-refractivity contribution in [3.05, 3.63) is 0 Å². The summed E-state index contributed by atoms with van der Waals surface area (Å²) in [6, 6.07) is 0. The number of carbonyl (C=O) groups excluding carboxylic acids is 4. The molecule has 0 aromatic carbocycles. The Morgan fingerprint density at radius 1 is 0.245 bits per heavy atom. The number of carbonyl (C=O) groups is 4. The van der Waals surface area contributed by atoms with Crippen molar-refractivity contribution >= 4 is 39.5 Å². The molecule has 0 amide bonds. The zero-order chi connectivity index (χ0) is 80.4. The van der Waals surface area contributed by atoms with Crippen molar-refractivity contribution in [3.8, 4) is 0 Å². The van der Waals surface area contributed by atoms with Crippen LogP contribution in [0.5, 0.6) is 0 Å². The maximum absolute atomic E-state index is 13.2. The van der Waals surface area contributed by atoms with Crippen LogP contribution in [-0.2, 0) is 65.4 Å². The molecule has 0 heterocycles. The zero-order valence-electron chi connectivity index (χ0n) is 72.4. The highest BCUT2D eigenvalue weighted by atomic mass is 31.2. The number of phosphoric acid groups is 2. The normalized spacial score (nSPS) is 13.7. The van der Waals surface area contributed by atoms with Crippen molar-refractivity contribution in [2.45, 2.75) is 515 Å². The highest BCUT2D eigenvalue weighted by Gasteiger charge is 2.31. The lowest BCUT2D eigenvalue weighted by Gasteiger charge is -2.21. The van der Waals surface area contributed by atoms with E-state index in [-0.39, 0.29) is 25.7 Å². The monoisotopic (exact) mass is 1610 g/mol. The van der Waals surface area contributed by atoms with E-state index in [0.717, 1.165) is 95.8 Å². The lowest BCUT2D eigenvalue weighted by atomic mass is 10.0. The van der Waals surface area contributed by atoms with Crippen LogP contribution in [-0.4, -0.2) is 96.7 Å². The average molecular weight is 1610 g/mol. The van der Waals surface area contributed by atoms with E-state index in [1.165, 1.54) is 321 Å². The van der Waals surface area contributed by atoms with Crippen LogP contribution in [0.4, 0.5) is 0 Å². The first kappa shape index (κ1) is 108. The fourth-order valence-corrected chi connectivity index (χ4v) is 15.9. The van der Waals surface area contributed by atoms with Gasteiger partial charge in [0.05, 0.1) is 26.4 Å². The Labute approximate surface area is 677 Å². The van der Waals surface area contributed by atoms with Gasteiger partial charge in [-0.2, -0.15) is 0 Å².